The number of nitrogens with two attached hydrogens (primary N) is 1. The van der Waals surface area contributed by atoms with E-state index in [-0.39, 0.29) is 11.4 Å². The first-order valence-electron chi connectivity index (χ1n) is 6.87. The minimum absolute atomic E-state index is 0.123. The third-order valence-corrected chi connectivity index (χ3v) is 4.29. The van der Waals surface area contributed by atoms with Crippen LogP contribution in [0.2, 0.25) is 0 Å². The van der Waals surface area contributed by atoms with Gasteiger partial charge in [-0.25, -0.2) is 0 Å². The molecule has 0 aromatic rings. The average Bonchev–Trinajstić information content (AvgIpc) is 2.30. The average molecular weight is 239 g/mol. The van der Waals surface area contributed by atoms with Gasteiger partial charge < -0.3 is 15.5 Å². The Labute approximate surface area is 104 Å². The van der Waals surface area contributed by atoms with Gasteiger partial charge in [-0.2, -0.15) is 0 Å². The van der Waals surface area contributed by atoms with Gasteiger partial charge in [0.2, 0.25) is 5.91 Å². The van der Waals surface area contributed by atoms with Gasteiger partial charge in [-0.05, 0) is 19.9 Å². The standard InChI is InChI=1S/C13H25N3O/c1-15-9-10-16(12(17)5-8-14)13(11-15)6-3-2-4-7-13/h2-11,14H2,1H3. The van der Waals surface area contributed by atoms with Crippen LogP contribution in [0.1, 0.15) is 38.5 Å². The zero-order valence-corrected chi connectivity index (χ0v) is 11.0. The molecule has 4 nitrogen and oxygen atoms in total. The van der Waals surface area contributed by atoms with Gasteiger partial charge in [0.1, 0.15) is 0 Å². The van der Waals surface area contributed by atoms with Crippen molar-refractivity contribution in [2.45, 2.75) is 44.1 Å². The molecule has 0 bridgehead atoms. The summed E-state index contributed by atoms with van der Waals surface area (Å²) in [4.78, 5) is 16.7. The summed E-state index contributed by atoms with van der Waals surface area (Å²) >= 11 is 0. The molecule has 1 aliphatic heterocycles. The first-order valence-corrected chi connectivity index (χ1v) is 6.87. The zero-order chi connectivity index (χ0) is 12.3. The highest BCUT2D eigenvalue weighted by atomic mass is 16.2. The monoisotopic (exact) mass is 239 g/mol. The van der Waals surface area contributed by atoms with E-state index < -0.39 is 0 Å². The van der Waals surface area contributed by atoms with Crippen molar-refractivity contribution in [3.8, 4) is 0 Å². The fraction of sp³-hybridized carbons (Fsp3) is 0.923. The number of amides is 1. The van der Waals surface area contributed by atoms with E-state index in [1.807, 2.05) is 0 Å². The maximum atomic E-state index is 12.2. The van der Waals surface area contributed by atoms with Crippen LogP contribution in [0.5, 0.6) is 0 Å². The summed E-state index contributed by atoms with van der Waals surface area (Å²) in [6.07, 6.45) is 6.71. The first-order chi connectivity index (χ1) is 8.18. The number of hydrogen-bond acceptors (Lipinski definition) is 3. The van der Waals surface area contributed by atoms with Gasteiger partial charge in [0.25, 0.3) is 0 Å². The molecule has 0 atom stereocenters. The Bertz CT molecular complexity index is 274. The number of carbonyl (C=O) groups excluding carboxylic acids is 1. The Morgan fingerprint density at radius 3 is 2.59 bits per heavy atom. The summed E-state index contributed by atoms with van der Waals surface area (Å²) in [5, 5.41) is 0. The topological polar surface area (TPSA) is 49.6 Å². The Kier molecular flexibility index (Phi) is 4.05. The van der Waals surface area contributed by atoms with Crippen molar-refractivity contribution >= 4 is 5.91 Å². The van der Waals surface area contributed by atoms with Crippen molar-refractivity contribution in [3.05, 3.63) is 0 Å². The van der Waals surface area contributed by atoms with Crippen molar-refractivity contribution in [1.29, 1.82) is 0 Å². The molecule has 2 aliphatic rings. The third-order valence-electron chi connectivity index (χ3n) is 4.29. The molecule has 17 heavy (non-hydrogen) atoms. The molecule has 1 amide bonds. The molecule has 2 fully saturated rings. The Balaban J connectivity index is 2.13. The molecule has 0 radical (unpaired) electrons. The highest BCUT2D eigenvalue weighted by Crippen LogP contribution is 2.36. The van der Waals surface area contributed by atoms with Crippen molar-refractivity contribution in [3.63, 3.8) is 0 Å². The van der Waals surface area contributed by atoms with E-state index in [2.05, 4.69) is 16.8 Å². The maximum Gasteiger partial charge on any atom is 0.224 e. The van der Waals surface area contributed by atoms with Gasteiger partial charge in [-0.15, -0.1) is 0 Å². The molecule has 1 heterocycles. The van der Waals surface area contributed by atoms with Gasteiger partial charge in [0.05, 0.1) is 5.54 Å². The quantitative estimate of drug-likeness (QED) is 0.776. The molecular formula is C13H25N3O. The van der Waals surface area contributed by atoms with Crippen molar-refractivity contribution in [2.75, 3.05) is 33.2 Å². The predicted octanol–water partition coefficient (Wildman–Crippen LogP) is 0.812. The lowest BCUT2D eigenvalue weighted by molar-refractivity contribution is -0.143. The lowest BCUT2D eigenvalue weighted by Crippen LogP contribution is -2.64. The van der Waals surface area contributed by atoms with Crippen LogP contribution in [-0.2, 0) is 4.79 Å². The molecular weight excluding hydrogens is 214 g/mol. The smallest absolute Gasteiger partial charge is 0.224 e. The molecule has 1 aliphatic carbocycles. The van der Waals surface area contributed by atoms with Gasteiger partial charge in [-0.3, -0.25) is 4.79 Å². The van der Waals surface area contributed by atoms with E-state index in [1.54, 1.807) is 0 Å². The fourth-order valence-corrected chi connectivity index (χ4v) is 3.46. The molecule has 0 aromatic heterocycles. The summed E-state index contributed by atoms with van der Waals surface area (Å²) < 4.78 is 0. The first kappa shape index (κ1) is 12.8. The molecule has 1 saturated carbocycles. The van der Waals surface area contributed by atoms with E-state index in [0.717, 1.165) is 19.6 Å². The molecule has 1 spiro atoms. The van der Waals surface area contributed by atoms with Crippen LogP contribution in [0, 0.1) is 0 Å². The highest BCUT2D eigenvalue weighted by molar-refractivity contribution is 5.77. The summed E-state index contributed by atoms with van der Waals surface area (Å²) in [5.41, 5.74) is 5.65. The summed E-state index contributed by atoms with van der Waals surface area (Å²) in [7, 11) is 2.17. The molecule has 4 heteroatoms. The maximum absolute atomic E-state index is 12.2. The lowest BCUT2D eigenvalue weighted by Gasteiger charge is -2.52. The largest absolute Gasteiger partial charge is 0.334 e. The number of likely N-dealkylation sites (N-methyl/N-ethyl adjacent to an activating group) is 1. The van der Waals surface area contributed by atoms with E-state index in [4.69, 9.17) is 5.73 Å². The van der Waals surface area contributed by atoms with Gasteiger partial charge in [0, 0.05) is 32.6 Å². The van der Waals surface area contributed by atoms with E-state index in [9.17, 15) is 4.79 Å². The second-order valence-electron chi connectivity index (χ2n) is 5.61. The predicted molar refractivity (Wildman–Crippen MR) is 68.7 cm³/mol. The molecule has 98 valence electrons. The minimum Gasteiger partial charge on any atom is -0.334 e. The highest BCUT2D eigenvalue weighted by Gasteiger charge is 2.43. The van der Waals surface area contributed by atoms with Crippen LogP contribution in [0.25, 0.3) is 0 Å². The second-order valence-corrected chi connectivity index (χ2v) is 5.61. The van der Waals surface area contributed by atoms with Crippen LogP contribution in [0.4, 0.5) is 0 Å². The molecule has 2 rings (SSSR count). The molecule has 2 N–H and O–H groups in total. The second kappa shape index (κ2) is 5.36. The zero-order valence-electron chi connectivity index (χ0n) is 11.0. The van der Waals surface area contributed by atoms with Crippen molar-refractivity contribution in [1.82, 2.24) is 9.80 Å². The van der Waals surface area contributed by atoms with Gasteiger partial charge in [-0.1, -0.05) is 19.3 Å². The van der Waals surface area contributed by atoms with Crippen LogP contribution in [0.3, 0.4) is 0 Å². The summed E-state index contributed by atoms with van der Waals surface area (Å²) in [6, 6.07) is 0. The normalized spacial score (nSPS) is 25.2. The third kappa shape index (κ3) is 2.63. The number of carbonyl (C=O) groups is 1. The Morgan fingerprint density at radius 1 is 1.24 bits per heavy atom. The number of rotatable bonds is 2. The summed E-state index contributed by atoms with van der Waals surface area (Å²) in [6.45, 7) is 3.40. The fourth-order valence-electron chi connectivity index (χ4n) is 3.46. The van der Waals surface area contributed by atoms with Gasteiger partial charge >= 0.3 is 0 Å². The van der Waals surface area contributed by atoms with Gasteiger partial charge in [0.15, 0.2) is 0 Å². The van der Waals surface area contributed by atoms with E-state index in [0.29, 0.717) is 13.0 Å². The van der Waals surface area contributed by atoms with E-state index in [1.165, 1.54) is 32.1 Å². The molecule has 1 saturated heterocycles. The Morgan fingerprint density at radius 2 is 1.94 bits per heavy atom. The van der Waals surface area contributed by atoms with Crippen molar-refractivity contribution in [2.24, 2.45) is 5.73 Å². The van der Waals surface area contributed by atoms with E-state index >= 15 is 0 Å². The summed E-state index contributed by atoms with van der Waals surface area (Å²) in [5.74, 6) is 0.266. The van der Waals surface area contributed by atoms with Crippen LogP contribution >= 0.6 is 0 Å². The number of piperazine rings is 1. The number of hydrogen-bond donors (Lipinski definition) is 1. The lowest BCUT2D eigenvalue weighted by atomic mass is 9.78. The number of nitrogens with zero attached hydrogens (tertiary/aromatic N) is 2. The Hall–Kier alpha value is -0.610. The van der Waals surface area contributed by atoms with Crippen LogP contribution < -0.4 is 5.73 Å². The van der Waals surface area contributed by atoms with Crippen LogP contribution in [0.15, 0.2) is 0 Å². The van der Waals surface area contributed by atoms with Crippen molar-refractivity contribution < 1.29 is 4.79 Å². The SMILES string of the molecule is CN1CCN(C(=O)CCN)C2(CCCCC2)C1. The van der Waals surface area contributed by atoms with Crippen LogP contribution in [-0.4, -0.2) is 54.5 Å². The minimum atomic E-state index is 0.123. The molecule has 0 unspecified atom stereocenters. The molecule has 0 aromatic carbocycles.